The Kier molecular flexibility index (Phi) is 7.26. The number of esters is 1. The lowest BCUT2D eigenvalue weighted by molar-refractivity contribution is -0.385. The lowest BCUT2D eigenvalue weighted by atomic mass is 10.1. The summed E-state index contributed by atoms with van der Waals surface area (Å²) >= 11 is 0. The number of ketones is 1. The first-order valence-electron chi connectivity index (χ1n) is 8.92. The number of benzene rings is 2. The zero-order chi connectivity index (χ0) is 20.7. The van der Waals surface area contributed by atoms with Crippen LogP contribution in [-0.2, 0) is 20.7 Å². The molecule has 0 aromatic heterocycles. The van der Waals surface area contributed by atoms with Crippen molar-refractivity contribution in [2.24, 2.45) is 0 Å². The summed E-state index contributed by atoms with van der Waals surface area (Å²) in [5.41, 5.74) is 2.09. The number of nitro benzene ring substituents is 1. The van der Waals surface area contributed by atoms with E-state index in [0.717, 1.165) is 5.56 Å². The second-order valence-electron chi connectivity index (χ2n) is 6.57. The predicted molar refractivity (Wildman–Crippen MR) is 103 cm³/mol. The molecule has 0 aliphatic heterocycles. The molecular formula is C21H23NO6. The Labute approximate surface area is 163 Å². The normalized spacial score (nSPS) is 11.5. The maximum absolute atomic E-state index is 12.0. The van der Waals surface area contributed by atoms with Crippen molar-refractivity contribution in [3.63, 3.8) is 0 Å². The molecule has 0 spiro atoms. The third-order valence-corrected chi connectivity index (χ3v) is 4.25. The lowest BCUT2D eigenvalue weighted by Gasteiger charge is -2.14. The highest BCUT2D eigenvalue weighted by molar-refractivity contribution is 5.75. The van der Waals surface area contributed by atoms with E-state index in [-0.39, 0.29) is 18.1 Å². The van der Waals surface area contributed by atoms with Crippen LogP contribution in [0, 0.1) is 17.0 Å². The standard InChI is InChI=1S/C21H23NO6/c1-14-4-9-18(12-20(14)22(25)26)16(3)28-21(24)13-27-19-10-7-17(8-11-19)6-5-15(2)23/h4,7-12,16H,5-6,13H2,1-3H3/t16-/m1/s1. The minimum Gasteiger partial charge on any atom is -0.482 e. The molecule has 2 aromatic carbocycles. The Hall–Kier alpha value is -3.22. The van der Waals surface area contributed by atoms with Crippen molar-refractivity contribution in [3.05, 3.63) is 69.3 Å². The molecule has 0 saturated carbocycles. The smallest absolute Gasteiger partial charge is 0.344 e. The first-order chi connectivity index (χ1) is 13.3. The van der Waals surface area contributed by atoms with E-state index < -0.39 is 17.0 Å². The van der Waals surface area contributed by atoms with Crippen molar-refractivity contribution in [2.45, 2.75) is 39.7 Å². The second kappa shape index (κ2) is 9.64. The fourth-order valence-corrected chi connectivity index (χ4v) is 2.59. The molecule has 2 rings (SSSR count). The van der Waals surface area contributed by atoms with Gasteiger partial charge in [0.05, 0.1) is 4.92 Å². The highest BCUT2D eigenvalue weighted by Gasteiger charge is 2.17. The summed E-state index contributed by atoms with van der Waals surface area (Å²) in [7, 11) is 0. The number of hydrogen-bond acceptors (Lipinski definition) is 6. The van der Waals surface area contributed by atoms with E-state index in [1.165, 1.54) is 6.07 Å². The van der Waals surface area contributed by atoms with Crippen LogP contribution in [0.5, 0.6) is 5.75 Å². The largest absolute Gasteiger partial charge is 0.482 e. The highest BCUT2D eigenvalue weighted by atomic mass is 16.6. The first kappa shape index (κ1) is 21.1. The van der Waals surface area contributed by atoms with Crippen LogP contribution in [0.3, 0.4) is 0 Å². The summed E-state index contributed by atoms with van der Waals surface area (Å²) in [5, 5.41) is 11.0. The van der Waals surface area contributed by atoms with Crippen molar-refractivity contribution in [3.8, 4) is 5.75 Å². The van der Waals surface area contributed by atoms with Gasteiger partial charge in [0.25, 0.3) is 5.69 Å². The van der Waals surface area contributed by atoms with Gasteiger partial charge in [-0.3, -0.25) is 10.1 Å². The van der Waals surface area contributed by atoms with Crippen LogP contribution in [0.4, 0.5) is 5.69 Å². The van der Waals surface area contributed by atoms with E-state index in [0.29, 0.717) is 29.7 Å². The molecule has 2 aromatic rings. The van der Waals surface area contributed by atoms with E-state index in [1.54, 1.807) is 45.0 Å². The van der Waals surface area contributed by atoms with Gasteiger partial charge in [0.2, 0.25) is 0 Å². The third kappa shape index (κ3) is 6.19. The van der Waals surface area contributed by atoms with Gasteiger partial charge >= 0.3 is 5.97 Å². The Morgan fingerprint density at radius 2 is 1.82 bits per heavy atom. The molecule has 0 heterocycles. The molecule has 0 amide bonds. The quantitative estimate of drug-likeness (QED) is 0.366. The monoisotopic (exact) mass is 385 g/mol. The predicted octanol–water partition coefficient (Wildman–Crippen LogP) is 4.11. The van der Waals surface area contributed by atoms with Gasteiger partial charge in [-0.15, -0.1) is 0 Å². The first-order valence-corrected chi connectivity index (χ1v) is 8.92. The molecule has 0 unspecified atom stereocenters. The van der Waals surface area contributed by atoms with Crippen molar-refractivity contribution in [1.82, 2.24) is 0 Å². The van der Waals surface area contributed by atoms with Crippen LogP contribution in [-0.4, -0.2) is 23.3 Å². The van der Waals surface area contributed by atoms with E-state index in [9.17, 15) is 19.7 Å². The van der Waals surface area contributed by atoms with Crippen molar-refractivity contribution in [1.29, 1.82) is 0 Å². The second-order valence-corrected chi connectivity index (χ2v) is 6.57. The fourth-order valence-electron chi connectivity index (χ4n) is 2.59. The number of carbonyl (C=O) groups is 2. The molecule has 28 heavy (non-hydrogen) atoms. The Morgan fingerprint density at radius 1 is 1.14 bits per heavy atom. The number of rotatable bonds is 9. The number of carbonyl (C=O) groups excluding carboxylic acids is 2. The zero-order valence-electron chi connectivity index (χ0n) is 16.1. The van der Waals surface area contributed by atoms with Crippen LogP contribution >= 0.6 is 0 Å². The van der Waals surface area contributed by atoms with Crippen LogP contribution in [0.2, 0.25) is 0 Å². The topological polar surface area (TPSA) is 95.7 Å². The average molecular weight is 385 g/mol. The molecule has 0 fully saturated rings. The number of aryl methyl sites for hydroxylation is 2. The van der Waals surface area contributed by atoms with Gasteiger partial charge < -0.3 is 14.3 Å². The van der Waals surface area contributed by atoms with Crippen molar-refractivity contribution >= 4 is 17.4 Å². The van der Waals surface area contributed by atoms with Crippen molar-refractivity contribution < 1.29 is 24.0 Å². The van der Waals surface area contributed by atoms with Gasteiger partial charge in [0.15, 0.2) is 6.61 Å². The molecule has 7 heteroatoms. The zero-order valence-corrected chi connectivity index (χ0v) is 16.1. The van der Waals surface area contributed by atoms with Gasteiger partial charge in [0, 0.05) is 18.1 Å². The molecule has 0 aliphatic carbocycles. The molecule has 1 atom stereocenters. The van der Waals surface area contributed by atoms with E-state index in [2.05, 4.69) is 0 Å². The van der Waals surface area contributed by atoms with Crippen LogP contribution < -0.4 is 4.74 Å². The summed E-state index contributed by atoms with van der Waals surface area (Å²) in [6.45, 7) is 4.58. The van der Waals surface area contributed by atoms with Crippen LogP contribution in [0.1, 0.15) is 43.1 Å². The number of Topliss-reactive ketones (excluding diaryl/α,β-unsaturated/α-hetero) is 1. The maximum Gasteiger partial charge on any atom is 0.344 e. The van der Waals surface area contributed by atoms with Gasteiger partial charge in [0.1, 0.15) is 17.6 Å². The molecule has 0 N–H and O–H groups in total. The number of nitro groups is 1. The summed E-state index contributed by atoms with van der Waals surface area (Å²) in [5.74, 6) is 0.0784. The van der Waals surface area contributed by atoms with Gasteiger partial charge in [-0.2, -0.15) is 0 Å². The minimum absolute atomic E-state index is 0.0125. The number of nitrogens with zero attached hydrogens (tertiary/aromatic N) is 1. The van der Waals surface area contributed by atoms with Crippen molar-refractivity contribution in [2.75, 3.05) is 6.61 Å². The molecule has 148 valence electrons. The highest BCUT2D eigenvalue weighted by Crippen LogP contribution is 2.25. The Balaban J connectivity index is 1.87. The minimum atomic E-state index is -0.635. The Morgan fingerprint density at radius 3 is 2.43 bits per heavy atom. The van der Waals surface area contributed by atoms with E-state index in [1.807, 2.05) is 12.1 Å². The summed E-state index contributed by atoms with van der Waals surface area (Å²) < 4.78 is 10.7. The summed E-state index contributed by atoms with van der Waals surface area (Å²) in [4.78, 5) is 33.6. The van der Waals surface area contributed by atoms with E-state index >= 15 is 0 Å². The van der Waals surface area contributed by atoms with Crippen LogP contribution in [0.15, 0.2) is 42.5 Å². The molecular weight excluding hydrogens is 362 g/mol. The lowest BCUT2D eigenvalue weighted by Crippen LogP contribution is -2.17. The number of ether oxygens (including phenoxy) is 2. The molecule has 0 saturated heterocycles. The average Bonchev–Trinajstić information content (AvgIpc) is 2.65. The van der Waals surface area contributed by atoms with Gasteiger partial charge in [-0.05, 0) is 50.5 Å². The molecule has 7 nitrogen and oxygen atoms in total. The SMILES string of the molecule is CC(=O)CCc1ccc(OCC(=O)O[C@H](C)c2ccc(C)c([N+](=O)[O-])c2)cc1. The van der Waals surface area contributed by atoms with Crippen LogP contribution in [0.25, 0.3) is 0 Å². The number of hydrogen-bond donors (Lipinski definition) is 0. The molecule has 0 aliphatic rings. The maximum atomic E-state index is 12.0. The van der Waals surface area contributed by atoms with Gasteiger partial charge in [-0.1, -0.05) is 24.3 Å². The van der Waals surface area contributed by atoms with Gasteiger partial charge in [-0.25, -0.2) is 4.79 Å². The summed E-state index contributed by atoms with van der Waals surface area (Å²) in [6, 6.07) is 11.9. The van der Waals surface area contributed by atoms with E-state index in [4.69, 9.17) is 9.47 Å². The molecule has 0 radical (unpaired) electrons. The summed E-state index contributed by atoms with van der Waals surface area (Å²) in [6.07, 6.45) is 0.517. The Bertz CT molecular complexity index is 860. The third-order valence-electron chi connectivity index (χ3n) is 4.25. The fraction of sp³-hybridized carbons (Fsp3) is 0.333. The molecule has 0 bridgehead atoms.